The molecule has 3 aromatic rings. The van der Waals surface area contributed by atoms with Crippen LogP contribution in [-0.2, 0) is 17.0 Å². The van der Waals surface area contributed by atoms with Crippen LogP contribution in [0.1, 0.15) is 18.7 Å². The lowest BCUT2D eigenvalue weighted by Crippen LogP contribution is -2.24. The third-order valence-corrected chi connectivity index (χ3v) is 5.23. The molecule has 0 bridgehead atoms. The van der Waals surface area contributed by atoms with E-state index in [0.29, 0.717) is 34.3 Å². The third-order valence-electron chi connectivity index (χ3n) is 4.02. The van der Waals surface area contributed by atoms with Gasteiger partial charge < -0.3 is 9.15 Å². The average Bonchev–Trinajstić information content (AvgIpc) is 3.38. The molecule has 1 aliphatic heterocycles. The maximum atomic E-state index is 12.0. The molecule has 1 aromatic carbocycles. The van der Waals surface area contributed by atoms with Gasteiger partial charge in [-0.05, 0) is 37.1 Å². The Balaban J connectivity index is 1.43. The standard InChI is InChI=1S/C16H16ClN5O3S/c17-11-5-3-10(4-6-11)14-19-18-13(25-14)9-26-16-21-20-15(23)22(16)8-12-2-1-7-24-12/h3-6,12H,1-2,7-9H2,(H,20,23). The van der Waals surface area contributed by atoms with Gasteiger partial charge in [0.05, 0.1) is 18.4 Å². The van der Waals surface area contributed by atoms with Crippen molar-refractivity contribution in [2.24, 2.45) is 0 Å². The molecule has 1 atom stereocenters. The number of hydrogen-bond acceptors (Lipinski definition) is 7. The first-order valence-corrected chi connectivity index (χ1v) is 9.53. The first-order chi connectivity index (χ1) is 12.7. The predicted molar refractivity (Wildman–Crippen MR) is 96.1 cm³/mol. The number of hydrogen-bond donors (Lipinski definition) is 1. The van der Waals surface area contributed by atoms with Crippen LogP contribution in [0.2, 0.25) is 5.02 Å². The van der Waals surface area contributed by atoms with Crippen LogP contribution in [-0.4, -0.2) is 37.7 Å². The summed E-state index contributed by atoms with van der Waals surface area (Å²) < 4.78 is 12.9. The van der Waals surface area contributed by atoms with Crippen LogP contribution in [0.25, 0.3) is 11.5 Å². The van der Waals surface area contributed by atoms with Crippen LogP contribution < -0.4 is 5.69 Å². The molecule has 1 unspecified atom stereocenters. The largest absolute Gasteiger partial charge is 0.420 e. The van der Waals surface area contributed by atoms with Crippen LogP contribution in [0.15, 0.2) is 38.6 Å². The Morgan fingerprint density at radius 2 is 2.15 bits per heavy atom. The second-order valence-corrected chi connectivity index (χ2v) is 7.23. The molecule has 1 N–H and O–H groups in total. The highest BCUT2D eigenvalue weighted by Crippen LogP contribution is 2.24. The Kier molecular flexibility index (Phi) is 5.09. The predicted octanol–water partition coefficient (Wildman–Crippen LogP) is 2.75. The summed E-state index contributed by atoms with van der Waals surface area (Å²) in [6.07, 6.45) is 2.04. The van der Waals surface area contributed by atoms with Crippen molar-refractivity contribution in [3.05, 3.63) is 45.7 Å². The SMILES string of the molecule is O=c1[nH]nc(SCc2nnc(-c3ccc(Cl)cc3)o2)n1CC1CCCO1. The highest BCUT2D eigenvalue weighted by Gasteiger charge is 2.20. The van der Waals surface area contributed by atoms with Crippen LogP contribution in [0.4, 0.5) is 0 Å². The van der Waals surface area contributed by atoms with Crippen molar-refractivity contribution in [2.45, 2.75) is 36.4 Å². The molecule has 4 rings (SSSR count). The van der Waals surface area contributed by atoms with E-state index in [-0.39, 0.29) is 11.8 Å². The van der Waals surface area contributed by atoms with Crippen LogP contribution in [0.5, 0.6) is 0 Å². The monoisotopic (exact) mass is 393 g/mol. The van der Waals surface area contributed by atoms with E-state index in [9.17, 15) is 4.79 Å². The van der Waals surface area contributed by atoms with Crippen molar-refractivity contribution >= 4 is 23.4 Å². The number of nitrogens with one attached hydrogen (secondary N) is 1. The number of benzene rings is 1. The highest BCUT2D eigenvalue weighted by molar-refractivity contribution is 7.98. The summed E-state index contributed by atoms with van der Waals surface area (Å²) >= 11 is 7.25. The highest BCUT2D eigenvalue weighted by atomic mass is 35.5. The zero-order valence-electron chi connectivity index (χ0n) is 13.7. The van der Waals surface area contributed by atoms with Crippen molar-refractivity contribution in [1.29, 1.82) is 0 Å². The summed E-state index contributed by atoms with van der Waals surface area (Å²) in [7, 11) is 0. The molecular weight excluding hydrogens is 378 g/mol. The van der Waals surface area contributed by atoms with E-state index in [1.807, 2.05) is 12.1 Å². The molecule has 0 aliphatic carbocycles. The van der Waals surface area contributed by atoms with Gasteiger partial charge in [-0.2, -0.15) is 0 Å². The smallest absolute Gasteiger partial charge is 0.344 e. The Labute approximate surface area is 157 Å². The van der Waals surface area contributed by atoms with Gasteiger partial charge in [-0.25, -0.2) is 9.89 Å². The van der Waals surface area contributed by atoms with Gasteiger partial charge in [-0.1, -0.05) is 23.4 Å². The summed E-state index contributed by atoms with van der Waals surface area (Å²) in [5, 5.41) is 15.9. The van der Waals surface area contributed by atoms with Gasteiger partial charge in [0, 0.05) is 17.2 Å². The van der Waals surface area contributed by atoms with Crippen molar-refractivity contribution in [1.82, 2.24) is 25.0 Å². The van der Waals surface area contributed by atoms with Gasteiger partial charge in [0.25, 0.3) is 0 Å². The van der Waals surface area contributed by atoms with Crippen molar-refractivity contribution in [3.63, 3.8) is 0 Å². The van der Waals surface area contributed by atoms with Crippen LogP contribution in [0, 0.1) is 0 Å². The first kappa shape index (κ1) is 17.3. The fraction of sp³-hybridized carbons (Fsp3) is 0.375. The second kappa shape index (κ2) is 7.65. The Morgan fingerprint density at radius 1 is 1.31 bits per heavy atom. The third kappa shape index (κ3) is 3.84. The lowest BCUT2D eigenvalue weighted by molar-refractivity contribution is 0.0941. The Bertz CT molecular complexity index is 930. The average molecular weight is 394 g/mol. The van der Waals surface area contributed by atoms with Gasteiger partial charge >= 0.3 is 5.69 Å². The molecular formula is C16H16ClN5O3S. The molecule has 0 spiro atoms. The van der Waals surface area contributed by atoms with Gasteiger partial charge in [0.1, 0.15) is 0 Å². The second-order valence-electron chi connectivity index (χ2n) is 5.85. The van der Waals surface area contributed by atoms with E-state index in [1.165, 1.54) is 11.8 Å². The van der Waals surface area contributed by atoms with E-state index in [4.69, 9.17) is 20.8 Å². The number of thioether (sulfide) groups is 1. The van der Waals surface area contributed by atoms with Gasteiger partial charge in [-0.3, -0.25) is 4.57 Å². The molecule has 8 nitrogen and oxygen atoms in total. The number of aromatic nitrogens is 5. The fourth-order valence-corrected chi connectivity index (χ4v) is 3.63. The van der Waals surface area contributed by atoms with E-state index < -0.39 is 0 Å². The molecule has 1 aliphatic rings. The number of H-pyrrole nitrogens is 1. The Morgan fingerprint density at radius 3 is 2.92 bits per heavy atom. The minimum atomic E-state index is -0.240. The number of aromatic amines is 1. The zero-order valence-corrected chi connectivity index (χ0v) is 15.3. The molecule has 0 radical (unpaired) electrons. The van der Waals surface area contributed by atoms with E-state index >= 15 is 0 Å². The van der Waals surface area contributed by atoms with Crippen LogP contribution >= 0.6 is 23.4 Å². The molecule has 0 amide bonds. The minimum Gasteiger partial charge on any atom is -0.420 e. The fourth-order valence-electron chi connectivity index (χ4n) is 2.71. The quantitative estimate of drug-likeness (QED) is 0.643. The van der Waals surface area contributed by atoms with Crippen molar-refractivity contribution in [2.75, 3.05) is 6.61 Å². The summed E-state index contributed by atoms with van der Waals surface area (Å²) in [5.74, 6) is 1.30. The minimum absolute atomic E-state index is 0.0598. The van der Waals surface area contributed by atoms with Gasteiger partial charge in [0.2, 0.25) is 11.8 Å². The zero-order chi connectivity index (χ0) is 17.9. The maximum Gasteiger partial charge on any atom is 0.344 e. The summed E-state index contributed by atoms with van der Waals surface area (Å²) in [6, 6.07) is 7.17. The molecule has 26 heavy (non-hydrogen) atoms. The maximum absolute atomic E-state index is 12.0. The lowest BCUT2D eigenvalue weighted by atomic mass is 10.2. The van der Waals surface area contributed by atoms with Crippen molar-refractivity contribution < 1.29 is 9.15 Å². The topological polar surface area (TPSA) is 98.8 Å². The molecule has 3 heterocycles. The van der Waals surface area contributed by atoms with E-state index in [2.05, 4.69) is 20.4 Å². The van der Waals surface area contributed by atoms with Crippen molar-refractivity contribution in [3.8, 4) is 11.5 Å². The van der Waals surface area contributed by atoms with E-state index in [1.54, 1.807) is 16.7 Å². The van der Waals surface area contributed by atoms with Gasteiger partial charge in [-0.15, -0.1) is 15.3 Å². The van der Waals surface area contributed by atoms with Gasteiger partial charge in [0.15, 0.2) is 5.16 Å². The summed E-state index contributed by atoms with van der Waals surface area (Å²) in [5.41, 5.74) is 0.559. The van der Waals surface area contributed by atoms with E-state index in [0.717, 1.165) is 25.0 Å². The molecule has 2 aromatic heterocycles. The Hall–Kier alpha value is -2.10. The summed E-state index contributed by atoms with van der Waals surface area (Å²) in [4.78, 5) is 12.0. The first-order valence-electron chi connectivity index (χ1n) is 8.17. The molecule has 0 saturated carbocycles. The molecule has 1 saturated heterocycles. The molecule has 10 heteroatoms. The number of halogens is 1. The number of rotatable bonds is 6. The molecule has 1 fully saturated rings. The number of ether oxygens (including phenoxy) is 1. The molecule has 136 valence electrons. The summed E-state index contributed by atoms with van der Waals surface area (Å²) in [6.45, 7) is 1.24. The number of nitrogens with zero attached hydrogens (tertiary/aromatic N) is 4. The normalized spacial score (nSPS) is 17.0. The van der Waals surface area contributed by atoms with Crippen LogP contribution in [0.3, 0.4) is 0 Å². The lowest BCUT2D eigenvalue weighted by Gasteiger charge is -2.10.